The number of nitrogens with one attached hydrogen (secondary N) is 1. The molecule has 0 atom stereocenters. The first-order valence-corrected chi connectivity index (χ1v) is 6.16. The van der Waals surface area contributed by atoms with Crippen LogP contribution in [0, 0.1) is 12.3 Å². The molecular weight excluding hydrogens is 226 g/mol. The van der Waals surface area contributed by atoms with Crippen LogP contribution < -0.4 is 10.2 Å². The van der Waals surface area contributed by atoms with Crippen molar-refractivity contribution in [1.82, 2.24) is 10.5 Å². The largest absolute Gasteiger partial charge is 0.354 e. The van der Waals surface area contributed by atoms with E-state index in [4.69, 9.17) is 10.9 Å². The van der Waals surface area contributed by atoms with Gasteiger partial charge in [0, 0.05) is 32.6 Å². The number of nitrogens with zero attached hydrogens (tertiary/aromatic N) is 2. The second-order valence-electron chi connectivity index (χ2n) is 4.41. The number of terminal acetylenes is 1. The van der Waals surface area contributed by atoms with E-state index in [1.807, 2.05) is 18.2 Å². The van der Waals surface area contributed by atoms with Gasteiger partial charge in [-0.2, -0.15) is 0 Å². The smallest absolute Gasteiger partial charge is 0.180 e. The fourth-order valence-corrected chi connectivity index (χ4v) is 2.39. The Balaban J connectivity index is 2.08. The highest BCUT2D eigenvalue weighted by Gasteiger charge is 2.19. The van der Waals surface area contributed by atoms with Gasteiger partial charge in [0.2, 0.25) is 0 Å². The van der Waals surface area contributed by atoms with Crippen LogP contribution >= 0.6 is 0 Å². The molecule has 0 saturated carbocycles. The van der Waals surface area contributed by atoms with E-state index in [0.717, 1.165) is 48.5 Å². The molecule has 18 heavy (non-hydrogen) atoms. The molecule has 1 saturated heterocycles. The Labute approximate surface area is 106 Å². The van der Waals surface area contributed by atoms with E-state index in [-0.39, 0.29) is 0 Å². The maximum atomic E-state index is 5.42. The second kappa shape index (κ2) is 4.71. The topological polar surface area (TPSA) is 41.3 Å². The summed E-state index contributed by atoms with van der Waals surface area (Å²) in [5, 5.41) is 8.62. The molecule has 1 N–H and O–H groups in total. The van der Waals surface area contributed by atoms with Crippen LogP contribution in [0.1, 0.15) is 5.56 Å². The van der Waals surface area contributed by atoms with E-state index in [1.165, 1.54) is 0 Å². The van der Waals surface area contributed by atoms with Crippen LogP contribution in [0.5, 0.6) is 0 Å². The highest BCUT2D eigenvalue weighted by molar-refractivity contribution is 5.92. The van der Waals surface area contributed by atoms with Crippen molar-refractivity contribution in [1.29, 1.82) is 0 Å². The molecule has 0 unspecified atom stereocenters. The molecule has 2 aromatic rings. The Morgan fingerprint density at radius 2 is 2.22 bits per heavy atom. The third-order valence-electron chi connectivity index (χ3n) is 3.28. The van der Waals surface area contributed by atoms with Gasteiger partial charge in [-0.3, -0.25) is 0 Å². The van der Waals surface area contributed by atoms with Crippen molar-refractivity contribution in [3.63, 3.8) is 0 Å². The number of hydrogen-bond donors (Lipinski definition) is 1. The van der Waals surface area contributed by atoms with Gasteiger partial charge in [-0.15, -0.1) is 12.3 Å². The standard InChI is InChI=1S/C14H15N3O/c1-2-4-11-5-3-6-12-13(11)14(16-18-12)17-9-7-15-8-10-17/h1,3,5-6,15H,4,7-10H2. The molecular formula is C14H15N3O. The van der Waals surface area contributed by atoms with Crippen molar-refractivity contribution in [2.24, 2.45) is 0 Å². The Morgan fingerprint density at radius 1 is 1.39 bits per heavy atom. The molecule has 1 aromatic heterocycles. The van der Waals surface area contributed by atoms with Crippen molar-refractivity contribution < 1.29 is 4.52 Å². The van der Waals surface area contributed by atoms with Crippen LogP contribution in [0.2, 0.25) is 0 Å². The van der Waals surface area contributed by atoms with E-state index in [2.05, 4.69) is 21.3 Å². The number of fused-ring (bicyclic) bond motifs is 1. The molecule has 0 bridgehead atoms. The summed E-state index contributed by atoms with van der Waals surface area (Å²) < 4.78 is 5.41. The zero-order valence-corrected chi connectivity index (χ0v) is 10.1. The summed E-state index contributed by atoms with van der Waals surface area (Å²) in [6, 6.07) is 5.95. The highest BCUT2D eigenvalue weighted by atomic mass is 16.5. The number of aromatic nitrogens is 1. The first kappa shape index (κ1) is 11.1. The fraction of sp³-hybridized carbons (Fsp3) is 0.357. The van der Waals surface area contributed by atoms with Gasteiger partial charge < -0.3 is 14.7 Å². The van der Waals surface area contributed by atoms with Crippen LogP contribution in [0.4, 0.5) is 5.82 Å². The van der Waals surface area contributed by atoms with E-state index in [0.29, 0.717) is 6.42 Å². The van der Waals surface area contributed by atoms with Gasteiger partial charge in [-0.05, 0) is 11.6 Å². The summed E-state index contributed by atoms with van der Waals surface area (Å²) in [6.07, 6.45) is 6.03. The van der Waals surface area contributed by atoms with Crippen molar-refractivity contribution in [3.05, 3.63) is 23.8 Å². The van der Waals surface area contributed by atoms with E-state index >= 15 is 0 Å². The minimum atomic E-state index is 0.609. The predicted molar refractivity (Wildman–Crippen MR) is 71.6 cm³/mol. The molecule has 0 amide bonds. The highest BCUT2D eigenvalue weighted by Crippen LogP contribution is 2.29. The van der Waals surface area contributed by atoms with Crippen LogP contribution in [-0.2, 0) is 6.42 Å². The summed E-state index contributed by atoms with van der Waals surface area (Å²) in [6.45, 7) is 3.86. The van der Waals surface area contributed by atoms with Crippen molar-refractivity contribution in [2.45, 2.75) is 6.42 Å². The molecule has 3 rings (SSSR count). The maximum Gasteiger partial charge on any atom is 0.180 e. The molecule has 92 valence electrons. The number of benzene rings is 1. The predicted octanol–water partition coefficient (Wildman–Crippen LogP) is 1.41. The zero-order chi connectivity index (χ0) is 12.4. The lowest BCUT2D eigenvalue weighted by Gasteiger charge is -2.27. The molecule has 0 spiro atoms. The molecule has 1 aromatic carbocycles. The van der Waals surface area contributed by atoms with Gasteiger partial charge in [0.25, 0.3) is 0 Å². The summed E-state index contributed by atoms with van der Waals surface area (Å²) in [5.41, 5.74) is 1.93. The lowest BCUT2D eigenvalue weighted by Crippen LogP contribution is -2.43. The first-order valence-electron chi connectivity index (χ1n) is 6.16. The molecule has 1 aliphatic heterocycles. The third-order valence-corrected chi connectivity index (χ3v) is 3.28. The van der Waals surface area contributed by atoms with Crippen molar-refractivity contribution in [2.75, 3.05) is 31.1 Å². The average molecular weight is 241 g/mol. The van der Waals surface area contributed by atoms with E-state index < -0.39 is 0 Å². The van der Waals surface area contributed by atoms with E-state index in [9.17, 15) is 0 Å². The number of piperazine rings is 1. The molecule has 4 heteroatoms. The SMILES string of the molecule is C#CCc1cccc2onc(N3CCNCC3)c12. The molecule has 1 aliphatic rings. The molecule has 4 nitrogen and oxygen atoms in total. The lowest BCUT2D eigenvalue weighted by atomic mass is 10.1. The summed E-state index contributed by atoms with van der Waals surface area (Å²) in [7, 11) is 0. The van der Waals surface area contributed by atoms with Crippen LogP contribution in [0.15, 0.2) is 22.7 Å². The van der Waals surface area contributed by atoms with Crippen molar-refractivity contribution in [3.8, 4) is 12.3 Å². The summed E-state index contributed by atoms with van der Waals surface area (Å²) in [5.74, 6) is 3.62. The van der Waals surface area contributed by atoms with Crippen LogP contribution in [0.25, 0.3) is 11.0 Å². The average Bonchev–Trinajstić information content (AvgIpc) is 2.85. The number of hydrogen-bond acceptors (Lipinski definition) is 4. The first-order chi connectivity index (χ1) is 8.90. The minimum Gasteiger partial charge on any atom is -0.354 e. The summed E-state index contributed by atoms with van der Waals surface area (Å²) in [4.78, 5) is 2.25. The lowest BCUT2D eigenvalue weighted by molar-refractivity contribution is 0.451. The quantitative estimate of drug-likeness (QED) is 0.807. The van der Waals surface area contributed by atoms with Gasteiger partial charge in [0.15, 0.2) is 11.4 Å². The number of anilines is 1. The Kier molecular flexibility index (Phi) is 2.91. The molecule has 1 fully saturated rings. The van der Waals surface area contributed by atoms with Gasteiger partial charge >= 0.3 is 0 Å². The fourth-order valence-electron chi connectivity index (χ4n) is 2.39. The van der Waals surface area contributed by atoms with Crippen LogP contribution in [-0.4, -0.2) is 31.3 Å². The van der Waals surface area contributed by atoms with Gasteiger partial charge in [-0.1, -0.05) is 17.3 Å². The Morgan fingerprint density at radius 3 is 3.00 bits per heavy atom. The van der Waals surface area contributed by atoms with Gasteiger partial charge in [-0.25, -0.2) is 0 Å². The monoisotopic (exact) mass is 241 g/mol. The van der Waals surface area contributed by atoms with E-state index in [1.54, 1.807) is 0 Å². The van der Waals surface area contributed by atoms with Gasteiger partial charge in [0.05, 0.1) is 5.39 Å². The minimum absolute atomic E-state index is 0.609. The molecule has 0 radical (unpaired) electrons. The number of rotatable bonds is 2. The van der Waals surface area contributed by atoms with Crippen molar-refractivity contribution >= 4 is 16.8 Å². The molecule has 2 heterocycles. The summed E-state index contributed by atoms with van der Waals surface area (Å²) >= 11 is 0. The van der Waals surface area contributed by atoms with Gasteiger partial charge in [0.1, 0.15) is 0 Å². The van der Waals surface area contributed by atoms with Crippen LogP contribution in [0.3, 0.4) is 0 Å². The third kappa shape index (κ3) is 1.83. The normalized spacial score (nSPS) is 15.8. The maximum absolute atomic E-state index is 5.42. The second-order valence-corrected chi connectivity index (χ2v) is 4.41. The zero-order valence-electron chi connectivity index (χ0n) is 10.1. The molecule has 0 aliphatic carbocycles. The Hall–Kier alpha value is -1.99. The Bertz CT molecular complexity index is 591.